The summed E-state index contributed by atoms with van der Waals surface area (Å²) in [5.41, 5.74) is 0. The van der Waals surface area contributed by atoms with Gasteiger partial charge in [0, 0.05) is 11.8 Å². The summed E-state index contributed by atoms with van der Waals surface area (Å²) < 4.78 is 4.94. The smallest absolute Gasteiger partial charge is 0.179 e. The highest BCUT2D eigenvalue weighted by Crippen LogP contribution is 2.29. The van der Waals surface area contributed by atoms with Crippen LogP contribution in [0.2, 0.25) is 0 Å². The Morgan fingerprint density at radius 1 is 1.77 bits per heavy atom. The van der Waals surface area contributed by atoms with Crippen LogP contribution in [0.3, 0.4) is 0 Å². The Bertz CT molecular complexity index is 271. The lowest BCUT2D eigenvalue weighted by atomic mass is 10.3. The number of ether oxygens (including phenoxy) is 1. The Morgan fingerprint density at radius 3 is 2.92 bits per heavy atom. The summed E-state index contributed by atoms with van der Waals surface area (Å²) in [7, 11) is 1.62. The Balaban J connectivity index is 2.51. The summed E-state index contributed by atoms with van der Waals surface area (Å²) >= 11 is 1.63. The van der Waals surface area contributed by atoms with Gasteiger partial charge in [-0.25, -0.2) is 0 Å². The zero-order chi connectivity index (χ0) is 9.84. The SMILES string of the molecule is C=C1SC(C)=NC1CN=C(C)OC. The van der Waals surface area contributed by atoms with Gasteiger partial charge in [-0.15, -0.1) is 0 Å². The Kier molecular flexibility index (Phi) is 3.54. The van der Waals surface area contributed by atoms with Crippen LogP contribution in [0.1, 0.15) is 13.8 Å². The van der Waals surface area contributed by atoms with Crippen LogP contribution in [0.25, 0.3) is 0 Å². The molecule has 1 unspecified atom stereocenters. The number of aliphatic imine (C=N–C) groups is 2. The summed E-state index contributed by atoms with van der Waals surface area (Å²) in [5.74, 6) is 0.692. The molecule has 13 heavy (non-hydrogen) atoms. The van der Waals surface area contributed by atoms with Crippen LogP contribution in [0.4, 0.5) is 0 Å². The molecule has 72 valence electrons. The van der Waals surface area contributed by atoms with Crippen molar-refractivity contribution in [1.29, 1.82) is 0 Å². The van der Waals surface area contributed by atoms with E-state index in [1.165, 1.54) is 0 Å². The molecule has 0 radical (unpaired) electrons. The van der Waals surface area contributed by atoms with Gasteiger partial charge in [-0.2, -0.15) is 0 Å². The van der Waals surface area contributed by atoms with Crippen molar-refractivity contribution in [2.45, 2.75) is 19.9 Å². The Morgan fingerprint density at radius 2 is 2.46 bits per heavy atom. The number of rotatable bonds is 2. The van der Waals surface area contributed by atoms with Gasteiger partial charge in [0.2, 0.25) is 0 Å². The van der Waals surface area contributed by atoms with Gasteiger partial charge >= 0.3 is 0 Å². The van der Waals surface area contributed by atoms with E-state index in [9.17, 15) is 0 Å². The van der Waals surface area contributed by atoms with Crippen LogP contribution < -0.4 is 0 Å². The summed E-state index contributed by atoms with van der Waals surface area (Å²) in [5, 5.41) is 1.07. The van der Waals surface area contributed by atoms with Gasteiger partial charge in [-0.05, 0) is 6.92 Å². The van der Waals surface area contributed by atoms with Gasteiger partial charge in [-0.1, -0.05) is 18.3 Å². The minimum absolute atomic E-state index is 0.134. The van der Waals surface area contributed by atoms with Gasteiger partial charge in [0.1, 0.15) is 6.04 Å². The lowest BCUT2D eigenvalue weighted by Gasteiger charge is -2.04. The predicted molar refractivity (Wildman–Crippen MR) is 58.6 cm³/mol. The molecule has 0 aromatic carbocycles. The molecule has 3 nitrogen and oxygen atoms in total. The van der Waals surface area contributed by atoms with E-state index in [1.54, 1.807) is 18.9 Å². The second kappa shape index (κ2) is 4.46. The minimum atomic E-state index is 0.134. The number of hydrogen-bond acceptors (Lipinski definition) is 4. The molecule has 1 heterocycles. The van der Waals surface area contributed by atoms with Crippen molar-refractivity contribution in [3.05, 3.63) is 11.5 Å². The van der Waals surface area contributed by atoms with Crippen LogP contribution in [0.5, 0.6) is 0 Å². The maximum absolute atomic E-state index is 4.94. The molecule has 0 N–H and O–H groups in total. The normalized spacial score (nSPS) is 23.3. The summed E-state index contributed by atoms with van der Waals surface area (Å²) in [4.78, 5) is 9.69. The Hall–Kier alpha value is -0.770. The van der Waals surface area contributed by atoms with Gasteiger partial charge < -0.3 is 4.74 Å². The van der Waals surface area contributed by atoms with E-state index in [0.717, 1.165) is 9.95 Å². The molecule has 0 fully saturated rings. The molecular formula is C9H14N2OS. The van der Waals surface area contributed by atoms with Crippen LogP contribution in [0, 0.1) is 0 Å². The molecule has 0 aromatic rings. The fourth-order valence-corrected chi connectivity index (χ4v) is 1.82. The quantitative estimate of drug-likeness (QED) is 0.503. The van der Waals surface area contributed by atoms with E-state index in [4.69, 9.17) is 4.74 Å². The molecule has 0 aliphatic carbocycles. The van der Waals surface area contributed by atoms with Crippen molar-refractivity contribution in [3.8, 4) is 0 Å². The first-order valence-corrected chi connectivity index (χ1v) is 4.91. The van der Waals surface area contributed by atoms with E-state index < -0.39 is 0 Å². The fraction of sp³-hybridized carbons (Fsp3) is 0.556. The summed E-state index contributed by atoms with van der Waals surface area (Å²) in [6.07, 6.45) is 0. The number of thioether (sulfide) groups is 1. The fourth-order valence-electron chi connectivity index (χ4n) is 0.998. The van der Waals surface area contributed by atoms with Crippen LogP contribution in [-0.4, -0.2) is 30.6 Å². The second-order valence-electron chi connectivity index (χ2n) is 2.80. The second-order valence-corrected chi connectivity index (χ2v) is 4.12. The van der Waals surface area contributed by atoms with Gasteiger partial charge in [0.15, 0.2) is 5.90 Å². The lowest BCUT2D eigenvalue weighted by molar-refractivity contribution is 0.397. The van der Waals surface area contributed by atoms with Gasteiger partial charge in [0.25, 0.3) is 0 Å². The van der Waals surface area contributed by atoms with Crippen LogP contribution in [0.15, 0.2) is 21.5 Å². The van der Waals surface area contributed by atoms with Crippen molar-refractivity contribution in [3.63, 3.8) is 0 Å². The maximum atomic E-state index is 4.94. The van der Waals surface area contributed by atoms with Crippen molar-refractivity contribution >= 4 is 22.7 Å². The molecule has 0 saturated heterocycles. The van der Waals surface area contributed by atoms with Gasteiger partial charge in [0.05, 0.1) is 18.7 Å². The highest BCUT2D eigenvalue weighted by molar-refractivity contribution is 8.17. The highest BCUT2D eigenvalue weighted by atomic mass is 32.2. The first-order valence-electron chi connectivity index (χ1n) is 4.09. The monoisotopic (exact) mass is 198 g/mol. The molecule has 0 aromatic heterocycles. The summed E-state index contributed by atoms with van der Waals surface area (Å²) in [6.45, 7) is 8.39. The standard InChI is InChI=1S/C9H14N2OS/c1-6-9(11-8(3)13-6)5-10-7(2)12-4/h9H,1,5H2,2-4H3. The molecular weight excluding hydrogens is 184 g/mol. The van der Waals surface area contributed by atoms with E-state index in [-0.39, 0.29) is 6.04 Å². The third-order valence-electron chi connectivity index (χ3n) is 1.77. The largest absolute Gasteiger partial charge is 0.484 e. The van der Waals surface area contributed by atoms with Crippen molar-refractivity contribution < 1.29 is 4.74 Å². The molecule has 0 amide bonds. The average Bonchev–Trinajstić information content (AvgIpc) is 2.41. The molecule has 1 aliphatic heterocycles. The molecule has 1 rings (SSSR count). The van der Waals surface area contributed by atoms with Gasteiger partial charge in [-0.3, -0.25) is 9.98 Å². The minimum Gasteiger partial charge on any atom is -0.484 e. The van der Waals surface area contributed by atoms with E-state index in [1.807, 2.05) is 13.8 Å². The topological polar surface area (TPSA) is 34.0 Å². The zero-order valence-corrected chi connectivity index (χ0v) is 9.02. The number of hydrogen-bond donors (Lipinski definition) is 0. The molecule has 1 atom stereocenters. The average molecular weight is 198 g/mol. The third-order valence-corrected chi connectivity index (χ3v) is 2.71. The van der Waals surface area contributed by atoms with Crippen LogP contribution >= 0.6 is 11.8 Å². The predicted octanol–water partition coefficient (Wildman–Crippen LogP) is 2.10. The third kappa shape index (κ3) is 2.88. The van der Waals surface area contributed by atoms with E-state index >= 15 is 0 Å². The van der Waals surface area contributed by atoms with Crippen molar-refractivity contribution in [1.82, 2.24) is 0 Å². The molecule has 0 spiro atoms. The van der Waals surface area contributed by atoms with E-state index in [0.29, 0.717) is 12.4 Å². The van der Waals surface area contributed by atoms with E-state index in [2.05, 4.69) is 16.6 Å². The summed E-state index contributed by atoms with van der Waals surface area (Å²) in [6, 6.07) is 0.134. The van der Waals surface area contributed by atoms with Crippen molar-refractivity contribution in [2.24, 2.45) is 9.98 Å². The van der Waals surface area contributed by atoms with Crippen LogP contribution in [-0.2, 0) is 4.74 Å². The number of methoxy groups -OCH3 is 1. The first-order chi connectivity index (χ1) is 6.13. The molecule has 0 bridgehead atoms. The lowest BCUT2D eigenvalue weighted by Crippen LogP contribution is -2.08. The Labute approximate surface area is 83.0 Å². The number of nitrogens with zero attached hydrogens (tertiary/aromatic N) is 2. The molecule has 4 heteroatoms. The van der Waals surface area contributed by atoms with Crippen molar-refractivity contribution in [2.75, 3.05) is 13.7 Å². The molecule has 0 saturated carbocycles. The molecule has 1 aliphatic rings. The maximum Gasteiger partial charge on any atom is 0.179 e. The first kappa shape index (κ1) is 10.3. The zero-order valence-electron chi connectivity index (χ0n) is 8.20. The highest BCUT2D eigenvalue weighted by Gasteiger charge is 2.19.